The molecule has 0 aromatic heterocycles. The number of non-ortho nitro benzene ring substituents is 1. The third-order valence-corrected chi connectivity index (χ3v) is 2.04. The summed E-state index contributed by atoms with van der Waals surface area (Å²) in [6, 6.07) is 3.84. The molecule has 0 fully saturated rings. The lowest BCUT2D eigenvalue weighted by Gasteiger charge is -2.08. The van der Waals surface area contributed by atoms with Crippen molar-refractivity contribution in [2.24, 2.45) is 0 Å². The van der Waals surface area contributed by atoms with E-state index < -0.39 is 10.9 Å². The Morgan fingerprint density at radius 1 is 1.47 bits per heavy atom. The van der Waals surface area contributed by atoms with Gasteiger partial charge in [-0.25, -0.2) is 4.79 Å². The third kappa shape index (κ3) is 3.17. The van der Waals surface area contributed by atoms with Gasteiger partial charge in [-0.15, -0.1) is 0 Å². The minimum atomic E-state index is -0.653. The number of esters is 1. The van der Waals surface area contributed by atoms with Crippen molar-refractivity contribution in [3.05, 3.63) is 33.9 Å². The quantitative estimate of drug-likeness (QED) is 0.447. The first kappa shape index (κ1) is 13.0. The molecule has 0 heterocycles. The van der Waals surface area contributed by atoms with Gasteiger partial charge in [0.1, 0.15) is 11.3 Å². The molecule has 0 saturated carbocycles. The number of nitro benzene ring substituents is 1. The van der Waals surface area contributed by atoms with Crippen molar-refractivity contribution in [1.29, 1.82) is 0 Å². The summed E-state index contributed by atoms with van der Waals surface area (Å²) < 4.78 is 9.87. The van der Waals surface area contributed by atoms with E-state index in [1.807, 2.05) is 6.92 Å². The van der Waals surface area contributed by atoms with E-state index in [1.165, 1.54) is 19.2 Å². The highest BCUT2D eigenvalue weighted by atomic mass is 16.6. The SMILES string of the molecule is CCCOc1ccc([N+](=O)[O-])cc1C(=O)OC. The largest absolute Gasteiger partial charge is 0.493 e. The van der Waals surface area contributed by atoms with Crippen LogP contribution in [0.2, 0.25) is 0 Å². The molecule has 6 nitrogen and oxygen atoms in total. The Morgan fingerprint density at radius 3 is 2.71 bits per heavy atom. The molecule has 0 amide bonds. The molecule has 0 aliphatic heterocycles. The molecule has 0 saturated heterocycles. The number of carbonyl (C=O) groups is 1. The van der Waals surface area contributed by atoms with Gasteiger partial charge in [0.15, 0.2) is 0 Å². The van der Waals surface area contributed by atoms with Crippen molar-refractivity contribution in [3.63, 3.8) is 0 Å². The van der Waals surface area contributed by atoms with Crippen molar-refractivity contribution < 1.29 is 19.2 Å². The summed E-state index contributed by atoms with van der Waals surface area (Å²) >= 11 is 0. The molecule has 1 rings (SSSR count). The number of benzene rings is 1. The molecule has 17 heavy (non-hydrogen) atoms. The van der Waals surface area contributed by atoms with E-state index in [0.717, 1.165) is 12.5 Å². The average Bonchev–Trinajstić information content (AvgIpc) is 2.35. The number of hydrogen-bond acceptors (Lipinski definition) is 5. The molecule has 0 radical (unpaired) electrons. The monoisotopic (exact) mass is 239 g/mol. The Hall–Kier alpha value is -2.11. The number of carbonyl (C=O) groups excluding carboxylic acids is 1. The van der Waals surface area contributed by atoms with E-state index in [2.05, 4.69) is 4.74 Å². The maximum atomic E-state index is 11.4. The number of ether oxygens (including phenoxy) is 2. The lowest BCUT2D eigenvalue weighted by Crippen LogP contribution is -2.07. The van der Waals surface area contributed by atoms with Crippen molar-refractivity contribution in [2.45, 2.75) is 13.3 Å². The van der Waals surface area contributed by atoms with Crippen LogP contribution in [0.1, 0.15) is 23.7 Å². The Bertz CT molecular complexity index is 430. The maximum Gasteiger partial charge on any atom is 0.341 e. The van der Waals surface area contributed by atoms with E-state index in [-0.39, 0.29) is 11.3 Å². The third-order valence-electron chi connectivity index (χ3n) is 2.04. The number of nitrogens with zero attached hydrogens (tertiary/aromatic N) is 1. The fraction of sp³-hybridized carbons (Fsp3) is 0.364. The molecular formula is C11H13NO5. The van der Waals surface area contributed by atoms with Crippen LogP contribution >= 0.6 is 0 Å². The Balaban J connectivity index is 3.12. The van der Waals surface area contributed by atoms with Crippen LogP contribution in [0.15, 0.2) is 18.2 Å². The van der Waals surface area contributed by atoms with Crippen LogP contribution in [0.5, 0.6) is 5.75 Å². The minimum absolute atomic E-state index is 0.0650. The second-order valence-electron chi connectivity index (χ2n) is 3.28. The highest BCUT2D eigenvalue weighted by Crippen LogP contribution is 2.25. The van der Waals surface area contributed by atoms with Gasteiger partial charge in [-0.05, 0) is 12.5 Å². The molecule has 92 valence electrons. The zero-order valence-corrected chi connectivity index (χ0v) is 9.63. The molecule has 0 atom stereocenters. The van der Waals surface area contributed by atoms with Crippen LogP contribution in [0.4, 0.5) is 5.69 Å². The second kappa shape index (κ2) is 5.83. The predicted molar refractivity (Wildman–Crippen MR) is 60.2 cm³/mol. The summed E-state index contributed by atoms with van der Waals surface area (Å²) in [5, 5.41) is 10.6. The summed E-state index contributed by atoms with van der Waals surface area (Å²) in [5.41, 5.74) is -0.107. The molecule has 0 aliphatic carbocycles. The zero-order chi connectivity index (χ0) is 12.8. The summed E-state index contributed by atoms with van der Waals surface area (Å²) in [6.45, 7) is 2.35. The van der Waals surface area contributed by atoms with E-state index in [9.17, 15) is 14.9 Å². The summed E-state index contributed by atoms with van der Waals surface area (Å²) in [6.07, 6.45) is 0.775. The molecule has 6 heteroatoms. The van der Waals surface area contributed by atoms with E-state index >= 15 is 0 Å². The van der Waals surface area contributed by atoms with Crippen molar-refractivity contribution in [1.82, 2.24) is 0 Å². The van der Waals surface area contributed by atoms with Crippen LogP contribution in [-0.2, 0) is 4.74 Å². The first-order valence-electron chi connectivity index (χ1n) is 5.09. The fourth-order valence-corrected chi connectivity index (χ4v) is 1.24. The van der Waals surface area contributed by atoms with Gasteiger partial charge in [0.2, 0.25) is 0 Å². The van der Waals surface area contributed by atoms with E-state index in [1.54, 1.807) is 0 Å². The zero-order valence-electron chi connectivity index (χ0n) is 9.63. The number of hydrogen-bond donors (Lipinski definition) is 0. The first-order chi connectivity index (χ1) is 8.10. The minimum Gasteiger partial charge on any atom is -0.493 e. The summed E-state index contributed by atoms with van der Waals surface area (Å²) in [5.74, 6) is -0.357. The van der Waals surface area contributed by atoms with Gasteiger partial charge in [-0.1, -0.05) is 6.92 Å². The lowest BCUT2D eigenvalue weighted by atomic mass is 10.2. The van der Waals surface area contributed by atoms with Gasteiger partial charge in [-0.2, -0.15) is 0 Å². The number of rotatable bonds is 5. The Morgan fingerprint density at radius 2 is 2.18 bits per heavy atom. The molecule has 0 unspecified atom stereocenters. The molecular weight excluding hydrogens is 226 g/mol. The van der Waals surface area contributed by atoms with Gasteiger partial charge in [0.05, 0.1) is 18.6 Å². The van der Waals surface area contributed by atoms with Crippen molar-refractivity contribution in [3.8, 4) is 5.75 Å². The van der Waals surface area contributed by atoms with E-state index in [0.29, 0.717) is 12.4 Å². The lowest BCUT2D eigenvalue weighted by molar-refractivity contribution is -0.384. The van der Waals surface area contributed by atoms with Gasteiger partial charge in [-0.3, -0.25) is 10.1 Å². The molecule has 0 bridgehead atoms. The summed E-state index contributed by atoms with van der Waals surface area (Å²) in [4.78, 5) is 21.5. The topological polar surface area (TPSA) is 78.7 Å². The molecule has 1 aromatic rings. The van der Waals surface area contributed by atoms with Crippen LogP contribution in [0.25, 0.3) is 0 Å². The van der Waals surface area contributed by atoms with Crippen molar-refractivity contribution >= 4 is 11.7 Å². The molecule has 0 aliphatic rings. The molecule has 0 spiro atoms. The van der Waals surface area contributed by atoms with Gasteiger partial charge in [0, 0.05) is 12.1 Å². The van der Waals surface area contributed by atoms with Crippen LogP contribution in [-0.4, -0.2) is 24.6 Å². The fourth-order valence-electron chi connectivity index (χ4n) is 1.24. The van der Waals surface area contributed by atoms with E-state index in [4.69, 9.17) is 4.74 Å². The smallest absolute Gasteiger partial charge is 0.341 e. The standard InChI is InChI=1S/C11H13NO5/c1-3-6-17-10-5-4-8(12(14)15)7-9(10)11(13)16-2/h4-5,7H,3,6H2,1-2H3. The van der Waals surface area contributed by atoms with Crippen LogP contribution < -0.4 is 4.74 Å². The Kier molecular flexibility index (Phi) is 4.45. The van der Waals surface area contributed by atoms with Gasteiger partial charge in [0.25, 0.3) is 5.69 Å². The van der Waals surface area contributed by atoms with Crippen LogP contribution in [0.3, 0.4) is 0 Å². The average molecular weight is 239 g/mol. The highest BCUT2D eigenvalue weighted by Gasteiger charge is 2.18. The normalized spacial score (nSPS) is 9.76. The van der Waals surface area contributed by atoms with Gasteiger partial charge >= 0.3 is 5.97 Å². The van der Waals surface area contributed by atoms with Gasteiger partial charge < -0.3 is 9.47 Å². The van der Waals surface area contributed by atoms with Crippen LogP contribution in [0, 0.1) is 10.1 Å². The maximum absolute atomic E-state index is 11.4. The molecule has 0 N–H and O–H groups in total. The second-order valence-corrected chi connectivity index (χ2v) is 3.28. The first-order valence-corrected chi connectivity index (χ1v) is 5.09. The number of nitro groups is 1. The molecule has 1 aromatic carbocycles. The summed E-state index contributed by atoms with van der Waals surface area (Å²) in [7, 11) is 1.21. The highest BCUT2D eigenvalue weighted by molar-refractivity contribution is 5.93. The number of methoxy groups -OCH3 is 1. The predicted octanol–water partition coefficient (Wildman–Crippen LogP) is 2.17. The van der Waals surface area contributed by atoms with Crippen molar-refractivity contribution in [2.75, 3.05) is 13.7 Å². The Labute approximate surface area is 98.3 Å².